The summed E-state index contributed by atoms with van der Waals surface area (Å²) in [7, 11) is -7.25. The molecule has 0 saturated carbocycles. The van der Waals surface area contributed by atoms with Gasteiger partial charge in [-0.05, 0) is 36.1 Å². The number of hydrogen-bond acceptors (Lipinski definition) is 6. The van der Waals surface area contributed by atoms with Gasteiger partial charge in [-0.2, -0.15) is 8.42 Å². The molecule has 2 heterocycles. The molecule has 1 unspecified atom stereocenters. The molecule has 9 nitrogen and oxygen atoms in total. The Morgan fingerprint density at radius 2 is 1.88 bits per heavy atom. The normalized spacial score (nSPS) is 22.1. The highest BCUT2D eigenvalue weighted by Gasteiger charge is 2.35. The second-order valence-corrected chi connectivity index (χ2v) is 11.1. The van der Waals surface area contributed by atoms with Gasteiger partial charge in [-0.15, -0.1) is 0 Å². The zero-order valence-electron chi connectivity index (χ0n) is 17.1. The molecule has 11 heteroatoms. The van der Waals surface area contributed by atoms with Crippen molar-refractivity contribution in [2.24, 2.45) is 0 Å². The number of carbonyl (C=O) groups is 1. The fourth-order valence-electron chi connectivity index (χ4n) is 3.56. The number of benzene rings is 2. The first-order valence-corrected chi connectivity index (χ1v) is 13.1. The van der Waals surface area contributed by atoms with Crippen molar-refractivity contribution < 1.29 is 26.4 Å². The van der Waals surface area contributed by atoms with E-state index in [4.69, 9.17) is 4.74 Å². The van der Waals surface area contributed by atoms with Crippen LogP contribution in [-0.2, 0) is 31.6 Å². The minimum atomic E-state index is -3.99. The maximum Gasteiger partial charge on any atom is 0.326 e. The van der Waals surface area contributed by atoms with Crippen molar-refractivity contribution in [2.75, 3.05) is 16.6 Å². The number of rotatable bonds is 6. The Kier molecular flexibility index (Phi) is 6.22. The van der Waals surface area contributed by atoms with Crippen molar-refractivity contribution in [1.29, 1.82) is 0 Å². The Bertz CT molecular complexity index is 1240. The molecular formula is C21H23N3O6S2. The lowest BCUT2D eigenvalue weighted by atomic mass is 10.1. The van der Waals surface area contributed by atoms with E-state index in [1.54, 1.807) is 30.4 Å². The van der Waals surface area contributed by atoms with Crippen LogP contribution in [0.2, 0.25) is 0 Å². The van der Waals surface area contributed by atoms with E-state index in [9.17, 15) is 21.6 Å². The summed E-state index contributed by atoms with van der Waals surface area (Å²) in [5, 5.41) is 0. The van der Waals surface area contributed by atoms with Gasteiger partial charge in [-0.3, -0.25) is 4.79 Å². The third-order valence-corrected chi connectivity index (χ3v) is 7.97. The fraction of sp³-hybridized carbons (Fsp3) is 0.286. The van der Waals surface area contributed by atoms with Crippen molar-refractivity contribution in [3.63, 3.8) is 0 Å². The van der Waals surface area contributed by atoms with Gasteiger partial charge in [0.1, 0.15) is 18.9 Å². The summed E-state index contributed by atoms with van der Waals surface area (Å²) in [5.74, 6) is -0.200. The highest BCUT2D eigenvalue weighted by atomic mass is 32.2. The van der Waals surface area contributed by atoms with E-state index in [-0.39, 0.29) is 30.6 Å². The number of ether oxygens (including phenoxy) is 1. The van der Waals surface area contributed by atoms with Gasteiger partial charge in [0.15, 0.2) is 0 Å². The molecule has 0 bridgehead atoms. The molecule has 170 valence electrons. The number of nitrogens with one attached hydrogen (secondary N) is 2. The van der Waals surface area contributed by atoms with Gasteiger partial charge in [-0.1, -0.05) is 48.6 Å². The van der Waals surface area contributed by atoms with Crippen LogP contribution in [0.25, 0.3) is 6.08 Å². The molecule has 2 aromatic carbocycles. The molecule has 0 aliphatic carbocycles. The van der Waals surface area contributed by atoms with Crippen LogP contribution in [0.1, 0.15) is 24.0 Å². The van der Waals surface area contributed by atoms with Crippen LogP contribution >= 0.6 is 0 Å². The highest BCUT2D eigenvalue weighted by Crippen LogP contribution is 2.33. The zero-order valence-corrected chi connectivity index (χ0v) is 18.7. The first-order chi connectivity index (χ1) is 15.2. The van der Waals surface area contributed by atoms with Gasteiger partial charge in [0.05, 0.1) is 11.4 Å². The van der Waals surface area contributed by atoms with Crippen LogP contribution in [0.4, 0.5) is 5.69 Å². The monoisotopic (exact) mass is 477 g/mol. The Hall–Kier alpha value is -2.89. The second-order valence-electron chi connectivity index (χ2n) is 7.58. The number of anilines is 1. The van der Waals surface area contributed by atoms with Crippen molar-refractivity contribution >= 4 is 37.9 Å². The first-order valence-electron chi connectivity index (χ1n) is 10.0. The molecule has 32 heavy (non-hydrogen) atoms. The molecule has 2 aliphatic heterocycles. The van der Waals surface area contributed by atoms with E-state index < -0.39 is 26.1 Å². The fourth-order valence-corrected chi connectivity index (χ4v) is 6.04. The van der Waals surface area contributed by atoms with Crippen LogP contribution in [0.3, 0.4) is 0 Å². The van der Waals surface area contributed by atoms with Gasteiger partial charge >= 0.3 is 10.2 Å². The third-order valence-electron chi connectivity index (χ3n) is 5.09. The summed E-state index contributed by atoms with van der Waals surface area (Å²) < 4.78 is 59.7. The van der Waals surface area contributed by atoms with E-state index >= 15 is 0 Å². The average Bonchev–Trinajstić information content (AvgIpc) is 3.02. The van der Waals surface area contributed by atoms with E-state index in [0.29, 0.717) is 24.2 Å². The molecule has 2 aliphatic rings. The number of hydrogen-bond donors (Lipinski definition) is 2. The minimum absolute atomic E-state index is 0.126. The van der Waals surface area contributed by atoms with E-state index in [1.807, 2.05) is 35.1 Å². The first kappa shape index (κ1) is 22.3. The summed E-state index contributed by atoms with van der Waals surface area (Å²) >= 11 is 0. The lowest BCUT2D eigenvalue weighted by Gasteiger charge is -2.21. The van der Waals surface area contributed by atoms with Gasteiger partial charge in [0.2, 0.25) is 10.0 Å². The molecule has 0 aromatic heterocycles. The molecule has 4 rings (SSSR count). The van der Waals surface area contributed by atoms with E-state index in [1.165, 1.54) is 0 Å². The van der Waals surface area contributed by atoms with Crippen LogP contribution in [0, 0.1) is 0 Å². The Labute approximate surface area is 187 Å². The predicted molar refractivity (Wildman–Crippen MR) is 121 cm³/mol. The molecular weight excluding hydrogens is 454 g/mol. The predicted octanol–water partition coefficient (Wildman–Crippen LogP) is 1.54. The van der Waals surface area contributed by atoms with Gasteiger partial charge in [-0.25, -0.2) is 22.2 Å². The molecule has 1 amide bonds. The molecule has 1 atom stereocenters. The van der Waals surface area contributed by atoms with Crippen molar-refractivity contribution in [1.82, 2.24) is 9.44 Å². The van der Waals surface area contributed by atoms with Crippen LogP contribution in [0.15, 0.2) is 54.6 Å². The standard InChI is InChI=1S/C21H23N3O6S2/c25-21-14-24(32(28,29)23-21)19-11-9-16(8-10-18-7-4-12-31(26,27)22-18)13-20(19)30-15-17-5-2-1-3-6-17/h1-3,5-6,8-11,13,18,22H,4,7,12,14-15H2,(H,23,25)/b10-8+. The van der Waals surface area contributed by atoms with Crippen molar-refractivity contribution in [3.8, 4) is 5.75 Å². The summed E-state index contributed by atoms with van der Waals surface area (Å²) in [6, 6.07) is 14.0. The summed E-state index contributed by atoms with van der Waals surface area (Å²) in [6.45, 7) is -0.123. The smallest absolute Gasteiger partial charge is 0.326 e. The molecule has 0 radical (unpaired) electrons. The van der Waals surface area contributed by atoms with Gasteiger partial charge < -0.3 is 4.74 Å². The highest BCUT2D eigenvalue weighted by molar-refractivity contribution is 7.92. The third kappa shape index (κ3) is 5.29. The van der Waals surface area contributed by atoms with Gasteiger partial charge in [0, 0.05) is 6.04 Å². The molecule has 2 N–H and O–H groups in total. The number of sulfonamides is 1. The largest absolute Gasteiger partial charge is 0.487 e. The maximum absolute atomic E-state index is 12.3. The molecule has 2 saturated heterocycles. The Balaban J connectivity index is 1.61. The van der Waals surface area contributed by atoms with Crippen LogP contribution < -0.4 is 18.5 Å². The van der Waals surface area contributed by atoms with Crippen LogP contribution in [-0.4, -0.2) is 41.1 Å². The lowest BCUT2D eigenvalue weighted by molar-refractivity contribution is -0.117. The Morgan fingerprint density at radius 3 is 2.56 bits per heavy atom. The second kappa shape index (κ2) is 8.93. The summed E-state index contributed by atoms with van der Waals surface area (Å²) in [6.07, 6.45) is 4.82. The minimum Gasteiger partial charge on any atom is -0.487 e. The summed E-state index contributed by atoms with van der Waals surface area (Å²) in [4.78, 5) is 11.7. The van der Waals surface area contributed by atoms with E-state index in [2.05, 4.69) is 4.72 Å². The molecule has 2 aromatic rings. The number of amides is 1. The topological polar surface area (TPSA) is 122 Å². The Morgan fingerprint density at radius 1 is 1.09 bits per heavy atom. The van der Waals surface area contributed by atoms with Crippen LogP contribution in [0.5, 0.6) is 5.75 Å². The maximum atomic E-state index is 12.3. The molecule has 2 fully saturated rings. The number of nitrogens with zero attached hydrogens (tertiary/aromatic N) is 1. The van der Waals surface area contributed by atoms with E-state index in [0.717, 1.165) is 9.87 Å². The number of carbonyl (C=O) groups excluding carboxylic acids is 1. The summed E-state index contributed by atoms with van der Waals surface area (Å²) in [5.41, 5.74) is 1.85. The molecule has 0 spiro atoms. The van der Waals surface area contributed by atoms with Crippen molar-refractivity contribution in [3.05, 3.63) is 65.7 Å². The SMILES string of the molecule is O=C1CN(c2ccc(/C=C/C3CCCS(=O)(=O)N3)cc2OCc2ccccc2)S(=O)(=O)N1. The van der Waals surface area contributed by atoms with Crippen molar-refractivity contribution in [2.45, 2.75) is 25.5 Å². The quantitative estimate of drug-likeness (QED) is 0.651. The average molecular weight is 478 g/mol. The van der Waals surface area contributed by atoms with Gasteiger partial charge in [0.25, 0.3) is 5.91 Å². The lowest BCUT2D eigenvalue weighted by Crippen LogP contribution is -2.39. The zero-order chi connectivity index (χ0) is 22.8.